The number of nitrogens with zero attached hydrogens (tertiary/aromatic N) is 1. The van der Waals surface area contributed by atoms with E-state index in [0.717, 1.165) is 5.01 Å². The van der Waals surface area contributed by atoms with Crippen LogP contribution in [-0.2, 0) is 19.9 Å². The number of hydrogen-bond donors (Lipinski definition) is 2. The molecular formula is C13H18N2O4S. The molecule has 1 aromatic rings. The van der Waals surface area contributed by atoms with Gasteiger partial charge in [-0.3, -0.25) is 4.79 Å². The molecule has 1 aliphatic heterocycles. The maximum Gasteiger partial charge on any atom is 0.332 e. The second-order valence-electron chi connectivity index (χ2n) is 5.04. The van der Waals surface area contributed by atoms with Crippen LogP contribution in [0.1, 0.15) is 38.1 Å². The summed E-state index contributed by atoms with van der Waals surface area (Å²) < 4.78 is 5.26. The normalized spacial score (nSPS) is 25.1. The van der Waals surface area contributed by atoms with Crippen molar-refractivity contribution in [2.24, 2.45) is 0 Å². The Balaban J connectivity index is 2.02. The van der Waals surface area contributed by atoms with Crippen LogP contribution in [0.2, 0.25) is 0 Å². The summed E-state index contributed by atoms with van der Waals surface area (Å²) in [5.41, 5.74) is -0.546. The number of carbonyl (C=O) groups is 2. The smallest absolute Gasteiger partial charge is 0.332 e. The number of aromatic nitrogens is 1. The second kappa shape index (κ2) is 5.88. The molecule has 0 aromatic carbocycles. The zero-order valence-corrected chi connectivity index (χ0v) is 12.3. The van der Waals surface area contributed by atoms with Crippen molar-refractivity contribution >= 4 is 23.2 Å². The van der Waals surface area contributed by atoms with E-state index >= 15 is 0 Å². The van der Waals surface area contributed by atoms with Crippen molar-refractivity contribution < 1.29 is 19.4 Å². The molecule has 1 amide bonds. The summed E-state index contributed by atoms with van der Waals surface area (Å²) in [4.78, 5) is 27.3. The lowest BCUT2D eigenvalue weighted by atomic mass is 9.99. The Morgan fingerprint density at radius 2 is 2.25 bits per heavy atom. The molecule has 0 aliphatic carbocycles. The van der Waals surface area contributed by atoms with E-state index in [9.17, 15) is 9.59 Å². The highest BCUT2D eigenvalue weighted by Gasteiger charge is 2.38. The summed E-state index contributed by atoms with van der Waals surface area (Å²) in [6, 6.07) is 0. The molecule has 0 spiro atoms. The molecule has 110 valence electrons. The molecule has 0 saturated carbocycles. The van der Waals surface area contributed by atoms with E-state index < -0.39 is 23.7 Å². The van der Waals surface area contributed by atoms with Crippen LogP contribution in [0.3, 0.4) is 0 Å². The Morgan fingerprint density at radius 1 is 1.55 bits per heavy atom. The number of carbonyl (C=O) groups excluding carboxylic acids is 1. The molecule has 6 nitrogen and oxygen atoms in total. The molecule has 2 rings (SSSR count). The number of carboxylic acids is 1. The van der Waals surface area contributed by atoms with Gasteiger partial charge in [0.15, 0.2) is 6.10 Å². The van der Waals surface area contributed by atoms with Crippen LogP contribution in [0.25, 0.3) is 0 Å². The zero-order chi connectivity index (χ0) is 14.8. The van der Waals surface area contributed by atoms with Crippen LogP contribution in [-0.4, -0.2) is 34.2 Å². The molecular weight excluding hydrogens is 280 g/mol. The molecule has 7 heteroatoms. The second-order valence-corrected chi connectivity index (χ2v) is 5.94. The van der Waals surface area contributed by atoms with Gasteiger partial charge in [0.2, 0.25) is 5.91 Å². The number of carboxylic acid groups (broad SMARTS) is 1. The fraction of sp³-hybridized carbons (Fsp3) is 0.615. The summed E-state index contributed by atoms with van der Waals surface area (Å²) in [5.74, 6) is -1.29. The standard InChI is InChI=1S/C13H18N2O4S/c1-3-13(2,12-14-6-7-20-12)15-10(16)8-4-5-9(19-8)11(17)18/h6-9H,3-5H2,1-2H3,(H,15,16)(H,17,18)/t8-,9+,13?/m0/s1. The molecule has 3 atom stereocenters. The van der Waals surface area contributed by atoms with Gasteiger partial charge in [0, 0.05) is 11.6 Å². The highest BCUT2D eigenvalue weighted by atomic mass is 32.1. The first-order valence-corrected chi connectivity index (χ1v) is 7.44. The highest BCUT2D eigenvalue weighted by molar-refractivity contribution is 7.09. The Bertz CT molecular complexity index is 491. The average molecular weight is 298 g/mol. The lowest BCUT2D eigenvalue weighted by Crippen LogP contribution is -2.47. The molecule has 0 radical (unpaired) electrons. The van der Waals surface area contributed by atoms with Gasteiger partial charge in [-0.15, -0.1) is 11.3 Å². The fourth-order valence-electron chi connectivity index (χ4n) is 2.15. The van der Waals surface area contributed by atoms with Crippen LogP contribution in [0.15, 0.2) is 11.6 Å². The van der Waals surface area contributed by atoms with Crippen LogP contribution in [0, 0.1) is 0 Å². The molecule has 1 fully saturated rings. The van der Waals surface area contributed by atoms with Crippen molar-refractivity contribution in [1.82, 2.24) is 10.3 Å². The lowest BCUT2D eigenvalue weighted by molar-refractivity contribution is -0.152. The third kappa shape index (κ3) is 2.99. The Kier molecular flexibility index (Phi) is 4.39. The number of ether oxygens (including phenoxy) is 1. The quantitative estimate of drug-likeness (QED) is 0.860. The van der Waals surface area contributed by atoms with Gasteiger partial charge in [-0.2, -0.15) is 0 Å². The summed E-state index contributed by atoms with van der Waals surface area (Å²) in [6.07, 6.45) is 1.63. The van der Waals surface area contributed by atoms with Crippen molar-refractivity contribution in [2.45, 2.75) is 50.9 Å². The molecule has 2 N–H and O–H groups in total. The predicted octanol–water partition coefficient (Wildman–Crippen LogP) is 1.52. The molecule has 1 unspecified atom stereocenters. The van der Waals surface area contributed by atoms with Crippen molar-refractivity contribution in [2.75, 3.05) is 0 Å². The zero-order valence-electron chi connectivity index (χ0n) is 11.5. The fourth-order valence-corrected chi connectivity index (χ4v) is 2.98. The van der Waals surface area contributed by atoms with Crippen LogP contribution in [0.4, 0.5) is 0 Å². The Labute approximate surface area is 121 Å². The number of nitrogens with one attached hydrogen (secondary N) is 1. The van der Waals surface area contributed by atoms with Gasteiger partial charge in [-0.25, -0.2) is 9.78 Å². The Hall–Kier alpha value is -1.47. The minimum atomic E-state index is -1.02. The van der Waals surface area contributed by atoms with Gasteiger partial charge in [-0.05, 0) is 26.2 Å². The van der Waals surface area contributed by atoms with Crippen molar-refractivity contribution in [1.29, 1.82) is 0 Å². The number of aliphatic carboxylic acids is 1. The summed E-state index contributed by atoms with van der Waals surface area (Å²) in [5, 5.41) is 14.5. The first-order chi connectivity index (χ1) is 9.46. The van der Waals surface area contributed by atoms with E-state index in [-0.39, 0.29) is 5.91 Å². The maximum absolute atomic E-state index is 12.2. The third-order valence-electron chi connectivity index (χ3n) is 3.60. The first-order valence-electron chi connectivity index (χ1n) is 6.56. The van der Waals surface area contributed by atoms with E-state index in [4.69, 9.17) is 9.84 Å². The van der Waals surface area contributed by atoms with Gasteiger partial charge in [-0.1, -0.05) is 6.92 Å². The van der Waals surface area contributed by atoms with E-state index in [1.165, 1.54) is 11.3 Å². The summed E-state index contributed by atoms with van der Waals surface area (Å²) in [6.45, 7) is 3.88. The van der Waals surface area contributed by atoms with Crippen LogP contribution in [0.5, 0.6) is 0 Å². The van der Waals surface area contributed by atoms with Gasteiger partial charge < -0.3 is 15.2 Å². The number of thiazole rings is 1. The number of hydrogen-bond acceptors (Lipinski definition) is 5. The minimum Gasteiger partial charge on any atom is -0.479 e. The lowest BCUT2D eigenvalue weighted by Gasteiger charge is -2.28. The minimum absolute atomic E-state index is 0.270. The summed E-state index contributed by atoms with van der Waals surface area (Å²) in [7, 11) is 0. The predicted molar refractivity (Wildman–Crippen MR) is 73.4 cm³/mol. The molecule has 0 bridgehead atoms. The van der Waals surface area contributed by atoms with Crippen LogP contribution >= 0.6 is 11.3 Å². The van der Waals surface area contributed by atoms with Gasteiger partial charge in [0.1, 0.15) is 11.1 Å². The van der Waals surface area contributed by atoms with Gasteiger partial charge in [0.25, 0.3) is 0 Å². The van der Waals surface area contributed by atoms with Gasteiger partial charge in [0.05, 0.1) is 5.54 Å². The number of rotatable bonds is 5. The third-order valence-corrected chi connectivity index (χ3v) is 4.63. The Morgan fingerprint density at radius 3 is 2.75 bits per heavy atom. The van der Waals surface area contributed by atoms with Crippen molar-refractivity contribution in [3.8, 4) is 0 Å². The average Bonchev–Trinajstić information content (AvgIpc) is 3.09. The van der Waals surface area contributed by atoms with Gasteiger partial charge >= 0.3 is 5.97 Å². The monoisotopic (exact) mass is 298 g/mol. The van der Waals surface area contributed by atoms with E-state index in [1.54, 1.807) is 6.20 Å². The maximum atomic E-state index is 12.2. The SMILES string of the molecule is CCC(C)(NC(=O)[C@@H]1CC[C@H](C(=O)O)O1)c1nccs1. The number of amides is 1. The highest BCUT2D eigenvalue weighted by Crippen LogP contribution is 2.28. The molecule has 1 saturated heterocycles. The van der Waals surface area contributed by atoms with Crippen LogP contribution < -0.4 is 5.32 Å². The molecule has 1 aliphatic rings. The molecule has 1 aromatic heterocycles. The first kappa shape index (κ1) is 14.9. The molecule has 20 heavy (non-hydrogen) atoms. The summed E-state index contributed by atoms with van der Waals surface area (Å²) >= 11 is 1.48. The van der Waals surface area contributed by atoms with E-state index in [2.05, 4.69) is 10.3 Å². The van der Waals surface area contributed by atoms with Crippen molar-refractivity contribution in [3.63, 3.8) is 0 Å². The van der Waals surface area contributed by atoms with E-state index in [1.807, 2.05) is 19.2 Å². The largest absolute Gasteiger partial charge is 0.479 e. The molecule has 2 heterocycles. The van der Waals surface area contributed by atoms with E-state index in [0.29, 0.717) is 19.3 Å². The van der Waals surface area contributed by atoms with Crippen molar-refractivity contribution in [3.05, 3.63) is 16.6 Å². The topological polar surface area (TPSA) is 88.5 Å².